The molecule has 0 aliphatic rings. The van der Waals surface area contributed by atoms with Gasteiger partial charge in [0.1, 0.15) is 11.8 Å². The molecule has 1 amide bonds. The molecule has 0 saturated heterocycles. The van der Waals surface area contributed by atoms with Crippen LogP contribution in [0, 0.1) is 0 Å². The average molecular weight is 284 g/mol. The molecule has 3 N–H and O–H groups in total. The summed E-state index contributed by atoms with van der Waals surface area (Å²) in [4.78, 5) is 11.8. The van der Waals surface area contributed by atoms with Gasteiger partial charge in [-0.25, -0.2) is 0 Å². The first-order valence-corrected chi connectivity index (χ1v) is 6.93. The first-order chi connectivity index (χ1) is 10.2. The monoisotopic (exact) mass is 284 g/mol. The maximum atomic E-state index is 11.8. The van der Waals surface area contributed by atoms with Crippen LogP contribution in [0.25, 0.3) is 0 Å². The lowest BCUT2D eigenvalue weighted by molar-refractivity contribution is -0.118. The highest BCUT2D eigenvalue weighted by molar-refractivity contribution is 5.85. The van der Waals surface area contributed by atoms with Crippen molar-refractivity contribution in [3.63, 3.8) is 0 Å². The number of amides is 1. The Morgan fingerprint density at radius 2 is 1.86 bits per heavy atom. The Bertz CT molecular complexity index is 608. The van der Waals surface area contributed by atoms with Crippen LogP contribution in [0.5, 0.6) is 5.75 Å². The highest BCUT2D eigenvalue weighted by Gasteiger charge is 2.18. The van der Waals surface area contributed by atoms with E-state index in [0.717, 1.165) is 17.7 Å². The quantitative estimate of drug-likeness (QED) is 0.857. The Labute approximate surface area is 124 Å². The van der Waals surface area contributed by atoms with Gasteiger partial charge in [0.15, 0.2) is 0 Å². The van der Waals surface area contributed by atoms with Gasteiger partial charge in [-0.05, 0) is 29.7 Å². The molecule has 1 unspecified atom stereocenters. The predicted octanol–water partition coefficient (Wildman–Crippen LogP) is 2.90. The fourth-order valence-corrected chi connectivity index (χ4v) is 2.18. The average Bonchev–Trinajstić information content (AvgIpc) is 2.53. The first kappa shape index (κ1) is 14.9. The van der Waals surface area contributed by atoms with E-state index >= 15 is 0 Å². The summed E-state index contributed by atoms with van der Waals surface area (Å²) in [6.07, 6.45) is 0.960. The van der Waals surface area contributed by atoms with Gasteiger partial charge in [-0.1, -0.05) is 43.3 Å². The van der Waals surface area contributed by atoms with Gasteiger partial charge < -0.3 is 15.8 Å². The fraction of sp³-hybridized carbons (Fsp3) is 0.235. The van der Waals surface area contributed by atoms with Crippen LogP contribution in [0.3, 0.4) is 0 Å². The van der Waals surface area contributed by atoms with Crippen LogP contribution in [0.15, 0.2) is 48.5 Å². The lowest BCUT2D eigenvalue weighted by Crippen LogP contribution is -2.27. The number of rotatable bonds is 6. The van der Waals surface area contributed by atoms with E-state index < -0.39 is 11.9 Å². The molecule has 0 aromatic heterocycles. The van der Waals surface area contributed by atoms with E-state index in [-0.39, 0.29) is 0 Å². The Morgan fingerprint density at radius 3 is 2.43 bits per heavy atom. The van der Waals surface area contributed by atoms with Crippen molar-refractivity contribution in [1.29, 1.82) is 0 Å². The number of hydrogen-bond acceptors (Lipinski definition) is 3. The van der Waals surface area contributed by atoms with Gasteiger partial charge in [0.2, 0.25) is 5.91 Å². The van der Waals surface area contributed by atoms with Crippen LogP contribution in [0.1, 0.15) is 24.1 Å². The smallest absolute Gasteiger partial charge is 0.244 e. The van der Waals surface area contributed by atoms with Gasteiger partial charge in [0.05, 0.1) is 12.8 Å². The van der Waals surface area contributed by atoms with Crippen LogP contribution in [0.2, 0.25) is 0 Å². The second-order valence-electron chi connectivity index (χ2n) is 4.78. The molecule has 0 radical (unpaired) electrons. The first-order valence-electron chi connectivity index (χ1n) is 6.93. The summed E-state index contributed by atoms with van der Waals surface area (Å²) >= 11 is 0. The van der Waals surface area contributed by atoms with E-state index in [4.69, 9.17) is 10.5 Å². The maximum absolute atomic E-state index is 11.8. The largest absolute Gasteiger partial charge is 0.495 e. The van der Waals surface area contributed by atoms with Crippen molar-refractivity contribution in [3.8, 4) is 5.75 Å². The van der Waals surface area contributed by atoms with Gasteiger partial charge in [0, 0.05) is 0 Å². The lowest BCUT2D eigenvalue weighted by atomic mass is 10.0. The minimum absolute atomic E-state index is 0.426. The molecule has 21 heavy (non-hydrogen) atoms. The number of nitrogens with one attached hydrogen (secondary N) is 1. The Hall–Kier alpha value is -2.49. The number of hydrogen-bond donors (Lipinski definition) is 2. The maximum Gasteiger partial charge on any atom is 0.244 e. The Morgan fingerprint density at radius 1 is 1.19 bits per heavy atom. The van der Waals surface area contributed by atoms with Gasteiger partial charge in [0.25, 0.3) is 0 Å². The van der Waals surface area contributed by atoms with Crippen LogP contribution in [-0.2, 0) is 11.2 Å². The van der Waals surface area contributed by atoms with Crippen LogP contribution in [0.4, 0.5) is 5.69 Å². The van der Waals surface area contributed by atoms with Crippen molar-refractivity contribution in [3.05, 3.63) is 59.7 Å². The molecule has 0 aliphatic carbocycles. The number of anilines is 1. The number of aryl methyl sites for hydroxylation is 1. The number of benzene rings is 2. The summed E-state index contributed by atoms with van der Waals surface area (Å²) in [6.45, 7) is 2.09. The zero-order valence-electron chi connectivity index (χ0n) is 12.3. The van der Waals surface area contributed by atoms with E-state index in [1.165, 1.54) is 5.56 Å². The number of carbonyl (C=O) groups excluding carboxylic acids is 1. The number of para-hydroxylation sites is 2. The molecule has 0 fully saturated rings. The normalized spacial score (nSPS) is 11.7. The highest BCUT2D eigenvalue weighted by atomic mass is 16.5. The summed E-state index contributed by atoms with van der Waals surface area (Å²) in [6, 6.07) is 14.7. The molecule has 4 heteroatoms. The van der Waals surface area contributed by atoms with Crippen molar-refractivity contribution in [2.75, 3.05) is 12.4 Å². The number of primary amides is 1. The predicted molar refractivity (Wildman–Crippen MR) is 84.4 cm³/mol. The topological polar surface area (TPSA) is 64.3 Å². The molecule has 0 spiro atoms. The van der Waals surface area contributed by atoms with E-state index in [2.05, 4.69) is 12.2 Å². The molecule has 2 aromatic rings. The molecule has 2 rings (SSSR count). The lowest BCUT2D eigenvalue weighted by Gasteiger charge is -2.19. The molecular formula is C17H20N2O2. The minimum atomic E-state index is -0.591. The zero-order valence-corrected chi connectivity index (χ0v) is 12.3. The molecule has 110 valence electrons. The van der Waals surface area contributed by atoms with E-state index in [9.17, 15) is 4.79 Å². The Balaban J connectivity index is 2.28. The fourth-order valence-electron chi connectivity index (χ4n) is 2.18. The number of ether oxygens (including phenoxy) is 1. The molecule has 4 nitrogen and oxygen atoms in total. The second-order valence-corrected chi connectivity index (χ2v) is 4.78. The number of carbonyl (C=O) groups is 1. The van der Waals surface area contributed by atoms with Crippen molar-refractivity contribution >= 4 is 11.6 Å². The summed E-state index contributed by atoms with van der Waals surface area (Å²) in [5.41, 5.74) is 8.34. The third-order valence-electron chi connectivity index (χ3n) is 3.41. The van der Waals surface area contributed by atoms with Gasteiger partial charge in [-0.2, -0.15) is 0 Å². The highest BCUT2D eigenvalue weighted by Crippen LogP contribution is 2.28. The Kier molecular flexibility index (Phi) is 4.82. The summed E-state index contributed by atoms with van der Waals surface area (Å²) < 4.78 is 5.28. The van der Waals surface area contributed by atoms with Crippen molar-refractivity contribution in [2.24, 2.45) is 5.73 Å². The zero-order chi connectivity index (χ0) is 15.2. The van der Waals surface area contributed by atoms with Gasteiger partial charge in [-0.15, -0.1) is 0 Å². The van der Waals surface area contributed by atoms with E-state index in [1.807, 2.05) is 48.5 Å². The van der Waals surface area contributed by atoms with Crippen molar-refractivity contribution < 1.29 is 9.53 Å². The molecule has 0 heterocycles. The third-order valence-corrected chi connectivity index (χ3v) is 3.41. The molecule has 0 bridgehead atoms. The van der Waals surface area contributed by atoms with Crippen molar-refractivity contribution in [2.45, 2.75) is 19.4 Å². The number of nitrogens with two attached hydrogens (primary N) is 1. The SMILES string of the molecule is CCc1ccc(C(Nc2ccccc2OC)C(N)=O)cc1. The standard InChI is InChI=1S/C17H20N2O2/c1-3-12-8-10-13(11-9-12)16(17(18)20)19-14-6-4-5-7-15(14)21-2/h4-11,16,19H,3H2,1-2H3,(H2,18,20). The minimum Gasteiger partial charge on any atom is -0.495 e. The number of methoxy groups -OCH3 is 1. The van der Waals surface area contributed by atoms with Crippen LogP contribution >= 0.6 is 0 Å². The second kappa shape index (κ2) is 6.79. The third kappa shape index (κ3) is 3.54. The summed E-state index contributed by atoms with van der Waals surface area (Å²) in [7, 11) is 1.59. The van der Waals surface area contributed by atoms with Crippen molar-refractivity contribution in [1.82, 2.24) is 0 Å². The molecule has 0 saturated carbocycles. The molecular weight excluding hydrogens is 264 g/mol. The summed E-state index contributed by atoms with van der Waals surface area (Å²) in [5.74, 6) is 0.249. The molecule has 1 atom stereocenters. The van der Waals surface area contributed by atoms with E-state index in [1.54, 1.807) is 7.11 Å². The van der Waals surface area contributed by atoms with Crippen LogP contribution in [-0.4, -0.2) is 13.0 Å². The van der Waals surface area contributed by atoms with Crippen LogP contribution < -0.4 is 15.8 Å². The van der Waals surface area contributed by atoms with E-state index in [0.29, 0.717) is 5.75 Å². The van der Waals surface area contributed by atoms with Gasteiger partial charge >= 0.3 is 0 Å². The molecule has 2 aromatic carbocycles. The molecule has 0 aliphatic heterocycles. The summed E-state index contributed by atoms with van der Waals surface area (Å²) in [5, 5.41) is 3.15. The van der Waals surface area contributed by atoms with Gasteiger partial charge in [-0.3, -0.25) is 4.79 Å².